The van der Waals surface area contributed by atoms with Crippen LogP contribution in [0.15, 0.2) is 60.7 Å². The summed E-state index contributed by atoms with van der Waals surface area (Å²) in [5.74, 6) is -2.30. The van der Waals surface area contributed by atoms with Gasteiger partial charge in [0.1, 0.15) is 6.04 Å². The molecule has 2 N–H and O–H groups in total. The molecule has 0 aliphatic carbocycles. The normalized spacial score (nSPS) is 12.7. The van der Waals surface area contributed by atoms with Crippen LogP contribution in [0.4, 0.5) is 0 Å². The minimum atomic E-state index is -1.37. The van der Waals surface area contributed by atoms with Gasteiger partial charge in [0.2, 0.25) is 11.8 Å². The van der Waals surface area contributed by atoms with Crippen molar-refractivity contribution >= 4 is 17.8 Å². The quantitative estimate of drug-likeness (QED) is 0.709. The second-order valence-corrected chi connectivity index (χ2v) is 6.01. The van der Waals surface area contributed by atoms with Crippen molar-refractivity contribution in [3.05, 3.63) is 71.8 Å². The first-order valence-electron chi connectivity index (χ1n) is 8.32. The summed E-state index contributed by atoms with van der Waals surface area (Å²) >= 11 is 0. The maximum Gasteiger partial charge on any atom is 0.243 e. The van der Waals surface area contributed by atoms with E-state index in [1.807, 2.05) is 36.4 Å². The van der Waals surface area contributed by atoms with Gasteiger partial charge in [-0.3, -0.25) is 9.59 Å². The second kappa shape index (κ2) is 9.36. The van der Waals surface area contributed by atoms with E-state index in [-0.39, 0.29) is 18.7 Å². The Balaban J connectivity index is 2.09. The molecule has 0 aliphatic heterocycles. The van der Waals surface area contributed by atoms with E-state index < -0.39 is 24.0 Å². The van der Waals surface area contributed by atoms with Crippen molar-refractivity contribution in [2.75, 3.05) is 0 Å². The highest BCUT2D eigenvalue weighted by Crippen LogP contribution is 2.06. The lowest BCUT2D eigenvalue weighted by Crippen LogP contribution is -2.55. The van der Waals surface area contributed by atoms with Gasteiger partial charge in [-0.05, 0) is 17.5 Å². The van der Waals surface area contributed by atoms with Crippen LogP contribution in [-0.4, -0.2) is 29.9 Å². The molecule has 0 bridgehead atoms. The Morgan fingerprint density at radius 3 is 1.69 bits per heavy atom. The van der Waals surface area contributed by atoms with Crippen LogP contribution < -0.4 is 15.7 Å². The van der Waals surface area contributed by atoms with Crippen molar-refractivity contribution in [1.82, 2.24) is 10.6 Å². The molecule has 0 unspecified atom stereocenters. The van der Waals surface area contributed by atoms with Crippen LogP contribution in [-0.2, 0) is 27.2 Å². The van der Waals surface area contributed by atoms with Gasteiger partial charge in [-0.15, -0.1) is 0 Å². The number of aliphatic carboxylic acids is 1. The zero-order valence-corrected chi connectivity index (χ0v) is 14.5. The Labute approximate surface area is 152 Å². The van der Waals surface area contributed by atoms with Gasteiger partial charge in [0.25, 0.3) is 0 Å². The van der Waals surface area contributed by atoms with Crippen molar-refractivity contribution in [3.8, 4) is 0 Å². The molecule has 2 rings (SSSR count). The van der Waals surface area contributed by atoms with Crippen molar-refractivity contribution in [1.29, 1.82) is 0 Å². The second-order valence-electron chi connectivity index (χ2n) is 6.01. The molecule has 0 saturated heterocycles. The summed E-state index contributed by atoms with van der Waals surface area (Å²) in [5, 5.41) is 16.5. The third-order valence-corrected chi connectivity index (χ3v) is 3.86. The van der Waals surface area contributed by atoms with Crippen molar-refractivity contribution in [2.45, 2.75) is 31.8 Å². The average Bonchev–Trinajstić information content (AvgIpc) is 2.62. The Morgan fingerprint density at radius 1 is 0.808 bits per heavy atom. The van der Waals surface area contributed by atoms with Crippen molar-refractivity contribution in [2.24, 2.45) is 0 Å². The number of nitrogens with one attached hydrogen (secondary N) is 2. The minimum absolute atomic E-state index is 0.104. The van der Waals surface area contributed by atoms with Crippen LogP contribution in [0.25, 0.3) is 0 Å². The molecule has 2 aromatic rings. The lowest BCUT2D eigenvalue weighted by atomic mass is 10.0. The first-order valence-corrected chi connectivity index (χ1v) is 8.32. The number of carboxylic acid groups (broad SMARTS) is 1. The van der Waals surface area contributed by atoms with Crippen LogP contribution in [0.1, 0.15) is 18.1 Å². The summed E-state index contributed by atoms with van der Waals surface area (Å²) in [7, 11) is 0. The summed E-state index contributed by atoms with van der Waals surface area (Å²) in [6.07, 6.45) is 0.365. The molecular weight excluding hydrogens is 332 g/mol. The van der Waals surface area contributed by atoms with Crippen LogP contribution in [0.3, 0.4) is 0 Å². The van der Waals surface area contributed by atoms with E-state index in [2.05, 4.69) is 10.6 Å². The third-order valence-electron chi connectivity index (χ3n) is 3.86. The molecular formula is C20H21N2O4-. The zero-order valence-electron chi connectivity index (χ0n) is 14.5. The highest BCUT2D eigenvalue weighted by molar-refractivity contribution is 5.89. The van der Waals surface area contributed by atoms with Crippen molar-refractivity contribution in [3.63, 3.8) is 0 Å². The monoisotopic (exact) mass is 353 g/mol. The van der Waals surface area contributed by atoms with E-state index in [9.17, 15) is 19.5 Å². The fourth-order valence-corrected chi connectivity index (χ4v) is 2.62. The van der Waals surface area contributed by atoms with E-state index in [0.717, 1.165) is 11.1 Å². The number of hydrogen-bond donors (Lipinski definition) is 2. The van der Waals surface area contributed by atoms with Gasteiger partial charge in [0.05, 0.1) is 12.0 Å². The fourth-order valence-electron chi connectivity index (χ4n) is 2.62. The number of carboxylic acids is 1. The lowest BCUT2D eigenvalue weighted by Gasteiger charge is -2.24. The van der Waals surface area contributed by atoms with E-state index >= 15 is 0 Å². The molecule has 136 valence electrons. The predicted molar refractivity (Wildman–Crippen MR) is 94.8 cm³/mol. The van der Waals surface area contributed by atoms with Crippen LogP contribution in [0, 0.1) is 0 Å². The lowest BCUT2D eigenvalue weighted by molar-refractivity contribution is -0.308. The van der Waals surface area contributed by atoms with Crippen LogP contribution in [0.2, 0.25) is 0 Å². The SMILES string of the molecule is CC(=O)N[C@H](Cc1ccccc1)C(=O)N[C@@H](Cc1ccccc1)C(=O)[O-]. The number of hydrogen-bond acceptors (Lipinski definition) is 4. The Morgan fingerprint density at radius 2 is 1.27 bits per heavy atom. The predicted octanol–water partition coefficient (Wildman–Crippen LogP) is 0.211. The topological polar surface area (TPSA) is 98.3 Å². The van der Waals surface area contributed by atoms with E-state index in [1.54, 1.807) is 24.3 Å². The molecule has 0 radical (unpaired) electrons. The third kappa shape index (κ3) is 6.05. The first kappa shape index (κ1) is 19.2. The fraction of sp³-hybridized carbons (Fsp3) is 0.250. The highest BCUT2D eigenvalue weighted by atomic mass is 16.4. The standard InChI is InChI=1S/C20H22N2O4/c1-14(23)21-17(12-15-8-4-2-5-9-15)19(24)22-18(20(25)26)13-16-10-6-3-7-11-16/h2-11,17-18H,12-13H2,1H3,(H,21,23)(H,22,24)(H,25,26)/p-1/t17-,18+/m1/s1. The number of amides is 2. The number of carbonyl (C=O) groups is 3. The van der Waals surface area contributed by atoms with Crippen LogP contribution >= 0.6 is 0 Å². The summed E-state index contributed by atoms with van der Waals surface area (Å²) in [6.45, 7) is 1.31. The molecule has 0 heterocycles. The molecule has 6 heteroatoms. The minimum Gasteiger partial charge on any atom is -0.548 e. The Hall–Kier alpha value is -3.15. The summed E-state index contributed by atoms with van der Waals surface area (Å²) in [6, 6.07) is 16.1. The van der Waals surface area contributed by atoms with Gasteiger partial charge in [-0.25, -0.2) is 0 Å². The summed E-state index contributed by atoms with van der Waals surface area (Å²) in [4.78, 5) is 35.4. The molecule has 2 atom stereocenters. The number of rotatable bonds is 8. The maximum atomic E-state index is 12.6. The summed E-state index contributed by atoms with van der Waals surface area (Å²) < 4.78 is 0. The first-order chi connectivity index (χ1) is 12.5. The molecule has 0 spiro atoms. The maximum absolute atomic E-state index is 12.6. The number of benzene rings is 2. The number of carbonyl (C=O) groups excluding carboxylic acids is 3. The zero-order chi connectivity index (χ0) is 18.9. The molecule has 26 heavy (non-hydrogen) atoms. The molecule has 0 aromatic heterocycles. The van der Waals surface area contributed by atoms with Gasteiger partial charge in [-0.2, -0.15) is 0 Å². The van der Waals surface area contributed by atoms with Gasteiger partial charge in [-0.1, -0.05) is 60.7 Å². The van der Waals surface area contributed by atoms with Gasteiger partial charge >= 0.3 is 0 Å². The van der Waals surface area contributed by atoms with Gasteiger partial charge in [0, 0.05) is 13.3 Å². The Kier molecular flexibility index (Phi) is 6.91. The van der Waals surface area contributed by atoms with E-state index in [1.165, 1.54) is 6.92 Å². The smallest absolute Gasteiger partial charge is 0.243 e. The molecule has 0 fully saturated rings. The van der Waals surface area contributed by atoms with E-state index in [4.69, 9.17) is 0 Å². The van der Waals surface area contributed by atoms with Crippen molar-refractivity contribution < 1.29 is 19.5 Å². The van der Waals surface area contributed by atoms with Crippen LogP contribution in [0.5, 0.6) is 0 Å². The largest absolute Gasteiger partial charge is 0.548 e. The molecule has 6 nitrogen and oxygen atoms in total. The molecule has 0 aliphatic rings. The Bertz CT molecular complexity index is 747. The highest BCUT2D eigenvalue weighted by Gasteiger charge is 2.23. The van der Waals surface area contributed by atoms with E-state index in [0.29, 0.717) is 0 Å². The molecule has 0 saturated carbocycles. The van der Waals surface area contributed by atoms with Gasteiger partial charge in [0.15, 0.2) is 0 Å². The molecule has 2 aromatic carbocycles. The average molecular weight is 353 g/mol. The van der Waals surface area contributed by atoms with Gasteiger partial charge < -0.3 is 20.5 Å². The summed E-state index contributed by atoms with van der Waals surface area (Å²) in [5.41, 5.74) is 1.62. The molecule has 2 amide bonds.